The molecular formula is C10H17N3OS. The molecule has 2 N–H and O–H groups in total. The van der Waals surface area contributed by atoms with Crippen LogP contribution in [0.4, 0.5) is 0 Å². The summed E-state index contributed by atoms with van der Waals surface area (Å²) in [5.74, 6) is 0. The molecule has 0 radical (unpaired) electrons. The third-order valence-corrected chi connectivity index (χ3v) is 3.82. The van der Waals surface area contributed by atoms with Gasteiger partial charge in [0.05, 0.1) is 0 Å². The maximum atomic E-state index is 10.7. The van der Waals surface area contributed by atoms with Gasteiger partial charge in [-0.15, -0.1) is 11.3 Å². The van der Waals surface area contributed by atoms with Gasteiger partial charge in [-0.1, -0.05) is 6.92 Å². The Bertz CT molecular complexity index is 298. The van der Waals surface area contributed by atoms with Crippen molar-refractivity contribution >= 4 is 11.3 Å². The number of nitrogens with zero attached hydrogens (tertiary/aromatic N) is 2. The second-order valence-electron chi connectivity index (χ2n) is 3.74. The molecule has 0 aliphatic carbocycles. The van der Waals surface area contributed by atoms with E-state index in [1.165, 1.54) is 11.3 Å². The number of piperazine rings is 1. The number of nitrogens with one attached hydrogen (secondary N) is 1. The van der Waals surface area contributed by atoms with Crippen LogP contribution in [0.1, 0.15) is 18.4 Å². The van der Waals surface area contributed by atoms with Gasteiger partial charge in [-0.2, -0.15) is 0 Å². The smallest absolute Gasteiger partial charge is 0.171 e. The van der Waals surface area contributed by atoms with E-state index >= 15 is 0 Å². The van der Waals surface area contributed by atoms with Crippen molar-refractivity contribution in [1.29, 1.82) is 0 Å². The highest BCUT2D eigenvalue weighted by Gasteiger charge is 2.37. The van der Waals surface area contributed by atoms with Crippen molar-refractivity contribution in [2.24, 2.45) is 0 Å². The highest BCUT2D eigenvalue weighted by atomic mass is 32.1. The van der Waals surface area contributed by atoms with Crippen LogP contribution in [0.3, 0.4) is 0 Å². The van der Waals surface area contributed by atoms with Gasteiger partial charge >= 0.3 is 0 Å². The summed E-state index contributed by atoms with van der Waals surface area (Å²) in [6, 6.07) is 0. The fourth-order valence-electron chi connectivity index (χ4n) is 1.97. The lowest BCUT2D eigenvalue weighted by molar-refractivity contribution is -0.123. The van der Waals surface area contributed by atoms with Crippen molar-refractivity contribution in [3.8, 4) is 0 Å². The molecule has 5 heteroatoms. The summed E-state index contributed by atoms with van der Waals surface area (Å²) in [6.45, 7) is 5.64. The molecule has 4 nitrogen and oxygen atoms in total. The molecule has 2 heterocycles. The molecule has 1 aliphatic heterocycles. The SMILES string of the molecule is CCC(O)(c1nccs1)N1CCNCC1. The topological polar surface area (TPSA) is 48.4 Å². The van der Waals surface area contributed by atoms with E-state index in [0.717, 1.165) is 31.2 Å². The molecule has 1 saturated heterocycles. The highest BCUT2D eigenvalue weighted by molar-refractivity contribution is 7.09. The van der Waals surface area contributed by atoms with Gasteiger partial charge in [0.1, 0.15) is 5.01 Å². The molecule has 0 saturated carbocycles. The van der Waals surface area contributed by atoms with Crippen molar-refractivity contribution < 1.29 is 5.11 Å². The molecule has 1 unspecified atom stereocenters. The summed E-state index contributed by atoms with van der Waals surface area (Å²) in [5, 5.41) is 16.7. The van der Waals surface area contributed by atoms with Crippen LogP contribution in [-0.2, 0) is 5.72 Å². The molecule has 0 spiro atoms. The largest absolute Gasteiger partial charge is 0.369 e. The Morgan fingerprint density at radius 2 is 2.33 bits per heavy atom. The van der Waals surface area contributed by atoms with Crippen LogP contribution in [0.5, 0.6) is 0 Å². The fourth-order valence-corrected chi connectivity index (χ4v) is 2.80. The van der Waals surface area contributed by atoms with E-state index < -0.39 is 5.72 Å². The fraction of sp³-hybridized carbons (Fsp3) is 0.700. The number of rotatable bonds is 3. The summed E-state index contributed by atoms with van der Waals surface area (Å²) < 4.78 is 0. The van der Waals surface area contributed by atoms with E-state index in [1.807, 2.05) is 12.3 Å². The van der Waals surface area contributed by atoms with Gasteiger partial charge in [-0.3, -0.25) is 4.90 Å². The maximum absolute atomic E-state index is 10.7. The van der Waals surface area contributed by atoms with Gasteiger partial charge in [0, 0.05) is 37.8 Å². The number of hydrogen-bond donors (Lipinski definition) is 2. The normalized spacial score (nSPS) is 22.5. The molecule has 0 bridgehead atoms. The Labute approximate surface area is 93.9 Å². The number of hydrogen-bond acceptors (Lipinski definition) is 5. The molecule has 15 heavy (non-hydrogen) atoms. The predicted molar refractivity (Wildman–Crippen MR) is 60.7 cm³/mol. The summed E-state index contributed by atoms with van der Waals surface area (Å²) in [5.41, 5.74) is -0.865. The monoisotopic (exact) mass is 227 g/mol. The van der Waals surface area contributed by atoms with E-state index in [2.05, 4.69) is 15.2 Å². The minimum absolute atomic E-state index is 0.681. The summed E-state index contributed by atoms with van der Waals surface area (Å²) in [6.07, 6.45) is 2.43. The van der Waals surface area contributed by atoms with E-state index in [-0.39, 0.29) is 0 Å². The molecule has 2 rings (SSSR count). The van der Waals surface area contributed by atoms with E-state index in [1.54, 1.807) is 6.20 Å². The van der Waals surface area contributed by atoms with E-state index in [9.17, 15) is 5.11 Å². The summed E-state index contributed by atoms with van der Waals surface area (Å²) >= 11 is 1.52. The first-order valence-electron chi connectivity index (χ1n) is 5.35. The predicted octanol–water partition coefficient (Wildman–Crippen LogP) is 0.603. The first-order chi connectivity index (χ1) is 7.27. The molecule has 1 aromatic heterocycles. The van der Waals surface area contributed by atoms with Crippen LogP contribution < -0.4 is 5.32 Å². The standard InChI is InChI=1S/C10H17N3OS/c1-2-10(14,9-12-5-8-15-9)13-6-3-11-4-7-13/h5,8,11,14H,2-4,6-7H2,1H3. The lowest BCUT2D eigenvalue weighted by Gasteiger charge is -2.40. The number of aromatic nitrogens is 1. The highest BCUT2D eigenvalue weighted by Crippen LogP contribution is 2.30. The van der Waals surface area contributed by atoms with Crippen LogP contribution in [0, 0.1) is 0 Å². The third-order valence-electron chi connectivity index (χ3n) is 2.91. The summed E-state index contributed by atoms with van der Waals surface area (Å²) in [7, 11) is 0. The van der Waals surface area contributed by atoms with Crippen LogP contribution >= 0.6 is 11.3 Å². The lowest BCUT2D eigenvalue weighted by atomic mass is 10.1. The Balaban J connectivity index is 2.20. The van der Waals surface area contributed by atoms with Gasteiger partial charge in [0.25, 0.3) is 0 Å². The Hall–Kier alpha value is -0.490. The first-order valence-corrected chi connectivity index (χ1v) is 6.23. The Morgan fingerprint density at radius 1 is 1.60 bits per heavy atom. The zero-order valence-electron chi connectivity index (χ0n) is 8.94. The Morgan fingerprint density at radius 3 is 2.87 bits per heavy atom. The molecular weight excluding hydrogens is 210 g/mol. The van der Waals surface area contributed by atoms with Gasteiger partial charge < -0.3 is 10.4 Å². The molecule has 1 fully saturated rings. The third kappa shape index (κ3) is 2.06. The molecule has 84 valence electrons. The maximum Gasteiger partial charge on any atom is 0.171 e. The van der Waals surface area contributed by atoms with Crippen LogP contribution in [0.25, 0.3) is 0 Å². The lowest BCUT2D eigenvalue weighted by Crippen LogP contribution is -2.54. The number of aliphatic hydroxyl groups is 1. The van der Waals surface area contributed by atoms with Gasteiger partial charge in [-0.05, 0) is 6.42 Å². The average molecular weight is 227 g/mol. The molecule has 0 aromatic carbocycles. The van der Waals surface area contributed by atoms with Crippen molar-refractivity contribution in [3.05, 3.63) is 16.6 Å². The van der Waals surface area contributed by atoms with Crippen molar-refractivity contribution in [2.45, 2.75) is 19.1 Å². The second-order valence-corrected chi connectivity index (χ2v) is 4.64. The first kappa shape index (κ1) is 11.0. The van der Waals surface area contributed by atoms with Gasteiger partial charge in [0.15, 0.2) is 5.72 Å². The van der Waals surface area contributed by atoms with Crippen LogP contribution in [0.2, 0.25) is 0 Å². The molecule has 0 amide bonds. The average Bonchev–Trinajstić information content (AvgIpc) is 2.83. The molecule has 1 atom stereocenters. The molecule has 1 aromatic rings. The minimum Gasteiger partial charge on any atom is -0.369 e. The van der Waals surface area contributed by atoms with Crippen molar-refractivity contribution in [2.75, 3.05) is 26.2 Å². The van der Waals surface area contributed by atoms with Gasteiger partial charge in [0.2, 0.25) is 0 Å². The Kier molecular flexibility index (Phi) is 3.35. The zero-order chi connectivity index (χ0) is 10.7. The molecule has 1 aliphatic rings. The number of thiazole rings is 1. The van der Waals surface area contributed by atoms with Crippen molar-refractivity contribution in [1.82, 2.24) is 15.2 Å². The minimum atomic E-state index is -0.865. The quantitative estimate of drug-likeness (QED) is 0.794. The van der Waals surface area contributed by atoms with Crippen molar-refractivity contribution in [3.63, 3.8) is 0 Å². The second kappa shape index (κ2) is 4.57. The van der Waals surface area contributed by atoms with Gasteiger partial charge in [-0.25, -0.2) is 4.98 Å². The zero-order valence-corrected chi connectivity index (χ0v) is 9.76. The van der Waals surface area contributed by atoms with E-state index in [0.29, 0.717) is 6.42 Å². The van der Waals surface area contributed by atoms with Crippen LogP contribution in [0.15, 0.2) is 11.6 Å². The van der Waals surface area contributed by atoms with E-state index in [4.69, 9.17) is 0 Å². The summed E-state index contributed by atoms with van der Waals surface area (Å²) in [4.78, 5) is 6.35. The van der Waals surface area contributed by atoms with Crippen LogP contribution in [-0.4, -0.2) is 41.2 Å².